The van der Waals surface area contributed by atoms with E-state index in [4.69, 9.17) is 4.74 Å². The molecule has 3 amide bonds. The molecule has 2 aliphatic heterocycles. The van der Waals surface area contributed by atoms with Crippen LogP contribution in [0.1, 0.15) is 39.5 Å². The number of rotatable bonds is 5. The Bertz CT molecular complexity index is 986. The number of amides is 3. The molecule has 31 heavy (non-hydrogen) atoms. The zero-order valence-corrected chi connectivity index (χ0v) is 18.0. The van der Waals surface area contributed by atoms with E-state index in [1.165, 1.54) is 4.90 Å². The number of anilines is 1. The van der Waals surface area contributed by atoms with E-state index >= 15 is 0 Å². The van der Waals surface area contributed by atoms with E-state index in [1.54, 1.807) is 0 Å². The lowest BCUT2D eigenvalue weighted by Gasteiger charge is -2.30. The van der Waals surface area contributed by atoms with Crippen molar-refractivity contribution in [2.45, 2.75) is 57.8 Å². The lowest BCUT2D eigenvalue weighted by atomic mass is 10.1. The largest absolute Gasteiger partial charge is 0.358 e. The summed E-state index contributed by atoms with van der Waals surface area (Å²) >= 11 is 0. The molecule has 1 unspecified atom stereocenters. The molecule has 2 aliphatic rings. The van der Waals surface area contributed by atoms with Crippen LogP contribution >= 0.6 is 0 Å². The normalized spacial score (nSPS) is 24.4. The predicted molar refractivity (Wildman–Crippen MR) is 118 cm³/mol. The summed E-state index contributed by atoms with van der Waals surface area (Å²) in [5.41, 5.74) is 0.719. The molecule has 2 N–H and O–H groups in total. The fourth-order valence-electron chi connectivity index (χ4n) is 4.30. The van der Waals surface area contributed by atoms with E-state index in [0.29, 0.717) is 32.3 Å². The van der Waals surface area contributed by atoms with Crippen LogP contribution in [0.5, 0.6) is 0 Å². The molecule has 0 radical (unpaired) electrons. The van der Waals surface area contributed by atoms with Crippen molar-refractivity contribution in [3.63, 3.8) is 0 Å². The molecule has 164 valence electrons. The molecule has 2 aromatic rings. The third-order valence-corrected chi connectivity index (χ3v) is 6.33. The van der Waals surface area contributed by atoms with Gasteiger partial charge in [0, 0.05) is 23.4 Å². The van der Waals surface area contributed by atoms with Crippen molar-refractivity contribution >= 4 is 34.2 Å². The van der Waals surface area contributed by atoms with Gasteiger partial charge in [-0.1, -0.05) is 50.2 Å². The van der Waals surface area contributed by atoms with Crippen LogP contribution in [-0.4, -0.2) is 47.5 Å². The van der Waals surface area contributed by atoms with E-state index in [0.717, 1.165) is 16.5 Å². The highest BCUT2D eigenvalue weighted by Crippen LogP contribution is 2.31. The van der Waals surface area contributed by atoms with E-state index in [9.17, 15) is 14.4 Å². The van der Waals surface area contributed by atoms with Gasteiger partial charge in [-0.25, -0.2) is 0 Å². The van der Waals surface area contributed by atoms with E-state index < -0.39 is 18.3 Å². The minimum atomic E-state index is -0.669. The summed E-state index contributed by atoms with van der Waals surface area (Å²) in [6.07, 6.45) is 1.81. The van der Waals surface area contributed by atoms with Gasteiger partial charge in [0.15, 0.2) is 0 Å². The first-order chi connectivity index (χ1) is 15.0. The van der Waals surface area contributed by atoms with Crippen molar-refractivity contribution < 1.29 is 19.1 Å². The standard InChI is InChI=1S/C24H29N3O4/c1-3-15(2)22(28)26-19-13-14-31-21-12-11-20(27(21)24(19)30)23(29)25-18-10-6-8-16-7-4-5-9-17(16)18/h4-10,15,19-21H,3,11-14H2,1-2H3,(H,25,29)(H,26,28)/t15-,19+,20?,21+/m1/s1. The monoisotopic (exact) mass is 423 g/mol. The second-order valence-electron chi connectivity index (χ2n) is 8.34. The highest BCUT2D eigenvalue weighted by Gasteiger charge is 2.45. The quantitative estimate of drug-likeness (QED) is 0.774. The predicted octanol–water partition coefficient (Wildman–Crippen LogP) is 3.05. The molecular formula is C24H29N3O4. The van der Waals surface area contributed by atoms with Crippen molar-refractivity contribution in [3.8, 4) is 0 Å². The third kappa shape index (κ3) is 4.28. The van der Waals surface area contributed by atoms with Crippen LogP contribution in [0.25, 0.3) is 10.8 Å². The Morgan fingerprint density at radius 3 is 2.71 bits per heavy atom. The summed E-state index contributed by atoms with van der Waals surface area (Å²) in [6.45, 7) is 4.15. The van der Waals surface area contributed by atoms with Crippen LogP contribution in [-0.2, 0) is 19.1 Å². The molecule has 7 nitrogen and oxygen atoms in total. The first-order valence-electron chi connectivity index (χ1n) is 11.0. The van der Waals surface area contributed by atoms with Crippen LogP contribution in [0, 0.1) is 5.92 Å². The van der Waals surface area contributed by atoms with Gasteiger partial charge >= 0.3 is 0 Å². The van der Waals surface area contributed by atoms with E-state index in [2.05, 4.69) is 10.6 Å². The molecular weight excluding hydrogens is 394 g/mol. The summed E-state index contributed by atoms with van der Waals surface area (Å²) in [7, 11) is 0. The smallest absolute Gasteiger partial charge is 0.247 e. The number of hydrogen-bond acceptors (Lipinski definition) is 4. The van der Waals surface area contributed by atoms with Gasteiger partial charge in [0.25, 0.3) is 0 Å². The molecule has 2 heterocycles. The Morgan fingerprint density at radius 2 is 1.90 bits per heavy atom. The van der Waals surface area contributed by atoms with Crippen molar-refractivity contribution in [1.29, 1.82) is 0 Å². The Labute approximate surface area is 182 Å². The van der Waals surface area contributed by atoms with Crippen molar-refractivity contribution in [2.75, 3.05) is 11.9 Å². The summed E-state index contributed by atoms with van der Waals surface area (Å²) in [5, 5.41) is 7.85. The maximum atomic E-state index is 13.3. The average Bonchev–Trinajstić information content (AvgIpc) is 3.15. The Balaban J connectivity index is 1.53. The van der Waals surface area contributed by atoms with Crippen molar-refractivity contribution in [3.05, 3.63) is 42.5 Å². The van der Waals surface area contributed by atoms with Gasteiger partial charge in [-0.2, -0.15) is 0 Å². The maximum Gasteiger partial charge on any atom is 0.247 e. The Hall–Kier alpha value is -2.93. The van der Waals surface area contributed by atoms with Gasteiger partial charge in [-0.3, -0.25) is 14.4 Å². The number of fused-ring (bicyclic) bond motifs is 2. The first kappa shape index (κ1) is 21.3. The number of ether oxygens (including phenoxy) is 1. The summed E-state index contributed by atoms with van der Waals surface area (Å²) < 4.78 is 5.87. The molecule has 2 aromatic carbocycles. The number of nitrogens with one attached hydrogen (secondary N) is 2. The number of carbonyl (C=O) groups excluding carboxylic acids is 3. The van der Waals surface area contributed by atoms with Crippen molar-refractivity contribution in [1.82, 2.24) is 10.2 Å². The fraction of sp³-hybridized carbons (Fsp3) is 0.458. The summed E-state index contributed by atoms with van der Waals surface area (Å²) in [5.74, 6) is -0.786. The highest BCUT2D eigenvalue weighted by atomic mass is 16.5. The Kier molecular flexibility index (Phi) is 6.23. The lowest BCUT2D eigenvalue weighted by molar-refractivity contribution is -0.147. The second-order valence-corrected chi connectivity index (χ2v) is 8.34. The SMILES string of the molecule is CC[C@@H](C)C(=O)N[C@H]1CCO[C@H]2CCC(C(=O)Nc3cccc4ccccc34)N2C1=O. The molecule has 0 aromatic heterocycles. The fourth-order valence-corrected chi connectivity index (χ4v) is 4.30. The maximum absolute atomic E-state index is 13.3. The average molecular weight is 424 g/mol. The number of hydrogen-bond donors (Lipinski definition) is 2. The van der Waals surface area contributed by atoms with Gasteiger partial charge in [-0.05, 0) is 30.7 Å². The van der Waals surface area contributed by atoms with Crippen LogP contribution in [0.4, 0.5) is 5.69 Å². The number of nitrogens with zero attached hydrogens (tertiary/aromatic N) is 1. The van der Waals surface area contributed by atoms with Crippen LogP contribution in [0.3, 0.4) is 0 Å². The summed E-state index contributed by atoms with van der Waals surface area (Å²) in [4.78, 5) is 40.4. The van der Waals surface area contributed by atoms with Gasteiger partial charge in [0.1, 0.15) is 18.3 Å². The zero-order valence-electron chi connectivity index (χ0n) is 18.0. The molecule has 2 fully saturated rings. The molecule has 0 bridgehead atoms. The molecule has 7 heteroatoms. The molecule has 2 saturated heterocycles. The number of benzene rings is 2. The second kappa shape index (κ2) is 9.06. The van der Waals surface area contributed by atoms with Gasteiger partial charge < -0.3 is 20.3 Å². The van der Waals surface area contributed by atoms with Crippen LogP contribution in [0.2, 0.25) is 0 Å². The van der Waals surface area contributed by atoms with E-state index in [-0.39, 0.29) is 23.6 Å². The first-order valence-corrected chi connectivity index (χ1v) is 11.0. The topological polar surface area (TPSA) is 87.7 Å². The van der Waals surface area contributed by atoms with Gasteiger partial charge in [0.2, 0.25) is 17.7 Å². The highest BCUT2D eigenvalue weighted by molar-refractivity contribution is 6.05. The van der Waals surface area contributed by atoms with Crippen LogP contribution < -0.4 is 10.6 Å². The minimum absolute atomic E-state index is 0.143. The van der Waals surface area contributed by atoms with Crippen molar-refractivity contribution in [2.24, 2.45) is 5.92 Å². The number of carbonyl (C=O) groups is 3. The van der Waals surface area contributed by atoms with Crippen LogP contribution in [0.15, 0.2) is 42.5 Å². The van der Waals surface area contributed by atoms with Gasteiger partial charge in [-0.15, -0.1) is 0 Å². The molecule has 0 aliphatic carbocycles. The minimum Gasteiger partial charge on any atom is -0.358 e. The molecule has 4 atom stereocenters. The molecule has 4 rings (SSSR count). The zero-order chi connectivity index (χ0) is 22.0. The Morgan fingerprint density at radius 1 is 1.13 bits per heavy atom. The van der Waals surface area contributed by atoms with E-state index in [1.807, 2.05) is 56.3 Å². The third-order valence-electron chi connectivity index (χ3n) is 6.33. The lowest BCUT2D eigenvalue weighted by Crippen LogP contribution is -2.54. The molecule has 0 saturated carbocycles. The summed E-state index contributed by atoms with van der Waals surface area (Å²) in [6, 6.07) is 12.3. The van der Waals surface area contributed by atoms with Gasteiger partial charge in [0.05, 0.1) is 6.61 Å². The molecule has 0 spiro atoms.